The molecule has 7 heteroatoms. The summed E-state index contributed by atoms with van der Waals surface area (Å²) in [6, 6.07) is 0.849. The summed E-state index contributed by atoms with van der Waals surface area (Å²) < 4.78 is 48.5. The topological polar surface area (TPSA) is 76.2 Å². The summed E-state index contributed by atoms with van der Waals surface area (Å²) in [6.45, 7) is -1.10. The van der Waals surface area contributed by atoms with Crippen molar-refractivity contribution in [2.75, 3.05) is 6.61 Å². The molecule has 0 saturated carbocycles. The lowest BCUT2D eigenvalue weighted by atomic mass is 10.2. The van der Waals surface area contributed by atoms with E-state index in [2.05, 4.69) is 9.72 Å². The minimum absolute atomic E-state index is 0.0351. The van der Waals surface area contributed by atoms with E-state index >= 15 is 0 Å². The summed E-state index contributed by atoms with van der Waals surface area (Å²) in [5.74, 6) is -0.925. The van der Waals surface area contributed by atoms with Crippen molar-refractivity contribution in [3.05, 3.63) is 17.3 Å². The van der Waals surface area contributed by atoms with Gasteiger partial charge in [-0.3, -0.25) is 0 Å². The SMILES string of the molecule is [2H]C([2H])([2H])c1[nH]c(S(=O)(=O)Cl)cc1C(=O)OCC. The van der Waals surface area contributed by atoms with Crippen molar-refractivity contribution in [3.8, 4) is 0 Å². The lowest BCUT2D eigenvalue weighted by molar-refractivity contribution is 0.0525. The summed E-state index contributed by atoms with van der Waals surface area (Å²) in [4.78, 5) is 13.6. The highest BCUT2D eigenvalue weighted by Gasteiger charge is 2.19. The third kappa shape index (κ3) is 2.73. The van der Waals surface area contributed by atoms with Crippen LogP contribution in [0.15, 0.2) is 11.1 Å². The minimum atomic E-state index is -4.15. The van der Waals surface area contributed by atoms with E-state index in [1.807, 2.05) is 0 Å². The number of aromatic amines is 1. The van der Waals surface area contributed by atoms with Crippen molar-refractivity contribution in [3.63, 3.8) is 0 Å². The Morgan fingerprint density at radius 3 is 2.87 bits per heavy atom. The average Bonchev–Trinajstić information content (AvgIpc) is 2.60. The zero-order valence-electron chi connectivity index (χ0n) is 10.7. The minimum Gasteiger partial charge on any atom is -0.462 e. The number of hydrogen-bond donors (Lipinski definition) is 1. The van der Waals surface area contributed by atoms with Crippen LogP contribution in [-0.4, -0.2) is 26.0 Å². The molecule has 1 heterocycles. The molecule has 0 radical (unpaired) electrons. The first kappa shape index (κ1) is 8.18. The summed E-state index contributed by atoms with van der Waals surface area (Å²) in [5, 5.41) is -0.557. The van der Waals surface area contributed by atoms with Gasteiger partial charge in [-0.1, -0.05) is 0 Å². The van der Waals surface area contributed by atoms with Gasteiger partial charge in [0.25, 0.3) is 9.05 Å². The molecule has 84 valence electrons. The molecule has 0 fully saturated rings. The smallest absolute Gasteiger partial charge is 0.339 e. The van der Waals surface area contributed by atoms with Gasteiger partial charge in [0.1, 0.15) is 5.03 Å². The first-order valence-electron chi connectivity index (χ1n) is 5.42. The number of aryl methyl sites for hydroxylation is 1. The molecule has 1 aromatic heterocycles. The van der Waals surface area contributed by atoms with Crippen LogP contribution in [0.1, 0.15) is 27.1 Å². The number of carbonyl (C=O) groups is 1. The van der Waals surface area contributed by atoms with Gasteiger partial charge in [0.2, 0.25) is 0 Å². The Morgan fingerprint density at radius 1 is 1.73 bits per heavy atom. The fraction of sp³-hybridized carbons (Fsp3) is 0.375. The molecule has 0 amide bonds. The van der Waals surface area contributed by atoms with Gasteiger partial charge in [0.05, 0.1) is 12.2 Å². The average molecular weight is 255 g/mol. The van der Waals surface area contributed by atoms with E-state index in [0.717, 1.165) is 6.07 Å². The summed E-state index contributed by atoms with van der Waals surface area (Å²) in [6.07, 6.45) is 0. The second-order valence-corrected chi connectivity index (χ2v) is 5.11. The monoisotopic (exact) mass is 254 g/mol. The molecule has 0 saturated heterocycles. The molecular weight excluding hydrogens is 242 g/mol. The molecule has 0 bridgehead atoms. The second-order valence-electron chi connectivity index (χ2n) is 2.58. The first-order valence-corrected chi connectivity index (χ1v) is 6.23. The van der Waals surface area contributed by atoms with E-state index in [1.165, 1.54) is 0 Å². The van der Waals surface area contributed by atoms with Gasteiger partial charge in [-0.05, 0) is 19.8 Å². The van der Waals surface area contributed by atoms with Gasteiger partial charge >= 0.3 is 5.97 Å². The number of H-pyrrole nitrogens is 1. The first-order chi connectivity index (χ1) is 8.07. The number of ether oxygens (including phenoxy) is 1. The molecule has 0 aromatic carbocycles. The number of esters is 1. The van der Waals surface area contributed by atoms with Crippen LogP contribution < -0.4 is 0 Å². The molecule has 0 atom stereocenters. The fourth-order valence-corrected chi connectivity index (χ4v) is 1.66. The van der Waals surface area contributed by atoms with Crippen molar-refractivity contribution in [1.82, 2.24) is 4.98 Å². The van der Waals surface area contributed by atoms with Gasteiger partial charge < -0.3 is 9.72 Å². The number of carbonyl (C=O) groups excluding carboxylic acids is 1. The Kier molecular flexibility index (Phi) is 2.31. The zero-order chi connectivity index (χ0) is 14.1. The van der Waals surface area contributed by atoms with E-state index < -0.39 is 32.6 Å². The summed E-state index contributed by atoms with van der Waals surface area (Å²) in [7, 11) is 0.927. The van der Waals surface area contributed by atoms with Gasteiger partial charge in [0.15, 0.2) is 0 Å². The Labute approximate surface area is 96.0 Å². The van der Waals surface area contributed by atoms with Crippen LogP contribution in [0.25, 0.3) is 0 Å². The Bertz CT molecular complexity index is 563. The van der Waals surface area contributed by atoms with Crippen LogP contribution in [0, 0.1) is 6.85 Å². The van der Waals surface area contributed by atoms with Crippen LogP contribution >= 0.6 is 10.7 Å². The summed E-state index contributed by atoms with van der Waals surface area (Å²) in [5.41, 5.74) is -0.878. The zero-order valence-corrected chi connectivity index (χ0v) is 9.28. The molecule has 1 rings (SSSR count). The van der Waals surface area contributed by atoms with Crippen molar-refractivity contribution in [1.29, 1.82) is 0 Å². The third-order valence-electron chi connectivity index (χ3n) is 1.55. The number of aromatic nitrogens is 1. The molecule has 1 N–H and O–H groups in total. The van der Waals surface area contributed by atoms with E-state index in [1.54, 1.807) is 6.92 Å². The number of nitrogens with one attached hydrogen (secondary N) is 1. The number of rotatable bonds is 3. The highest BCUT2D eigenvalue weighted by atomic mass is 35.7. The van der Waals surface area contributed by atoms with Gasteiger partial charge in [-0.2, -0.15) is 0 Å². The highest BCUT2D eigenvalue weighted by molar-refractivity contribution is 8.13. The van der Waals surface area contributed by atoms with Gasteiger partial charge in [-0.25, -0.2) is 13.2 Å². The Hall–Kier alpha value is -1.01. The van der Waals surface area contributed by atoms with Crippen LogP contribution in [0.2, 0.25) is 0 Å². The molecule has 15 heavy (non-hydrogen) atoms. The largest absolute Gasteiger partial charge is 0.462 e. The third-order valence-corrected chi connectivity index (χ3v) is 2.79. The summed E-state index contributed by atoms with van der Waals surface area (Å²) >= 11 is 0. The van der Waals surface area contributed by atoms with E-state index in [-0.39, 0.29) is 12.2 Å². The molecule has 0 aliphatic heterocycles. The molecule has 0 aliphatic rings. The van der Waals surface area contributed by atoms with Gasteiger partial charge in [0, 0.05) is 20.5 Å². The maximum atomic E-state index is 11.5. The predicted octanol–water partition coefficient (Wildman–Crippen LogP) is 1.43. The van der Waals surface area contributed by atoms with Crippen molar-refractivity contribution in [2.24, 2.45) is 0 Å². The fourth-order valence-electron chi connectivity index (χ4n) is 0.931. The van der Waals surface area contributed by atoms with Crippen LogP contribution in [0.5, 0.6) is 0 Å². The van der Waals surface area contributed by atoms with Crippen LogP contribution in [0.3, 0.4) is 0 Å². The Morgan fingerprint density at radius 2 is 2.40 bits per heavy atom. The van der Waals surface area contributed by atoms with E-state index in [4.69, 9.17) is 14.8 Å². The van der Waals surface area contributed by atoms with Crippen LogP contribution in [-0.2, 0) is 13.8 Å². The van der Waals surface area contributed by atoms with Gasteiger partial charge in [-0.15, -0.1) is 0 Å². The molecular formula is C8H10ClNO4S. The lowest BCUT2D eigenvalue weighted by Crippen LogP contribution is -2.04. The van der Waals surface area contributed by atoms with E-state index in [9.17, 15) is 13.2 Å². The second kappa shape index (κ2) is 4.24. The molecule has 0 unspecified atom stereocenters. The molecule has 1 aromatic rings. The Balaban J connectivity index is 3.40. The van der Waals surface area contributed by atoms with Crippen LogP contribution in [0.4, 0.5) is 0 Å². The van der Waals surface area contributed by atoms with Crippen molar-refractivity contribution >= 4 is 25.7 Å². The molecule has 0 aliphatic carbocycles. The van der Waals surface area contributed by atoms with Crippen molar-refractivity contribution in [2.45, 2.75) is 18.8 Å². The number of hydrogen-bond acceptors (Lipinski definition) is 4. The normalized spacial score (nSPS) is 15.2. The predicted molar refractivity (Wildman–Crippen MR) is 54.5 cm³/mol. The lowest BCUT2D eigenvalue weighted by Gasteiger charge is -1.98. The van der Waals surface area contributed by atoms with Crippen molar-refractivity contribution < 1.29 is 22.1 Å². The quantitative estimate of drug-likeness (QED) is 0.654. The number of halogens is 1. The molecule has 5 nitrogen and oxygen atoms in total. The maximum Gasteiger partial charge on any atom is 0.339 e. The maximum absolute atomic E-state index is 11.5. The highest BCUT2D eigenvalue weighted by Crippen LogP contribution is 2.18. The van der Waals surface area contributed by atoms with E-state index in [0.29, 0.717) is 0 Å². The standard InChI is InChI=1S/C8H10ClNO4S/c1-3-14-8(11)6-4-7(10-5(6)2)15(9,12)13/h4,10H,3H2,1-2H3/i2D3. The molecule has 0 spiro atoms.